The van der Waals surface area contributed by atoms with Crippen molar-refractivity contribution < 1.29 is 9.53 Å². The number of hydrogen-bond donors (Lipinski definition) is 0. The number of ether oxygens (including phenoxy) is 1. The van der Waals surface area contributed by atoms with Gasteiger partial charge in [-0.1, -0.05) is 31.2 Å². The molecule has 3 nitrogen and oxygen atoms in total. The van der Waals surface area contributed by atoms with Crippen LogP contribution < -0.4 is 4.74 Å². The quantitative estimate of drug-likeness (QED) is 0.794. The molecule has 102 valence electrons. The van der Waals surface area contributed by atoms with Crippen LogP contribution in [0.25, 0.3) is 10.8 Å². The van der Waals surface area contributed by atoms with Gasteiger partial charge in [-0.05, 0) is 23.3 Å². The fourth-order valence-corrected chi connectivity index (χ4v) is 3.05. The van der Waals surface area contributed by atoms with Crippen molar-refractivity contribution in [1.29, 1.82) is 0 Å². The summed E-state index contributed by atoms with van der Waals surface area (Å²) in [7, 11) is 1.70. The maximum Gasteiger partial charge on any atom is 0.242 e. The number of rotatable bonds is 1. The first-order valence-corrected chi connectivity index (χ1v) is 6.80. The molecule has 1 amide bonds. The van der Waals surface area contributed by atoms with Crippen molar-refractivity contribution in [3.05, 3.63) is 41.5 Å². The van der Waals surface area contributed by atoms with E-state index in [0.29, 0.717) is 0 Å². The number of hydrogen-bond acceptors (Lipinski definition) is 2. The Labute approximate surface area is 118 Å². The Bertz CT molecular complexity index is 731. The molecule has 0 saturated heterocycles. The minimum absolute atomic E-state index is 0.143. The van der Waals surface area contributed by atoms with Crippen LogP contribution in [0.3, 0.4) is 0 Å². The van der Waals surface area contributed by atoms with Crippen molar-refractivity contribution >= 4 is 22.4 Å². The smallest absolute Gasteiger partial charge is 0.242 e. The van der Waals surface area contributed by atoms with Gasteiger partial charge in [0.1, 0.15) is 5.75 Å². The fraction of sp³-hybridized carbons (Fsp3) is 0.294. The van der Waals surface area contributed by atoms with Crippen molar-refractivity contribution in [2.24, 2.45) is 10.9 Å². The lowest BCUT2D eigenvalue weighted by Gasteiger charge is -2.25. The van der Waals surface area contributed by atoms with Gasteiger partial charge in [0.05, 0.1) is 12.8 Å². The first kappa shape index (κ1) is 12.9. The van der Waals surface area contributed by atoms with E-state index in [1.54, 1.807) is 7.11 Å². The van der Waals surface area contributed by atoms with Gasteiger partial charge in [0.15, 0.2) is 0 Å². The number of aliphatic imine (C=N–C) groups is 1. The summed E-state index contributed by atoms with van der Waals surface area (Å²) in [5.41, 5.74) is 3.17. The predicted molar refractivity (Wildman–Crippen MR) is 80.6 cm³/mol. The third-order valence-corrected chi connectivity index (χ3v) is 3.86. The number of methoxy groups -OCH3 is 1. The second-order valence-electron chi connectivity index (χ2n) is 5.27. The highest BCUT2D eigenvalue weighted by Crippen LogP contribution is 2.37. The molecule has 0 aliphatic heterocycles. The van der Waals surface area contributed by atoms with Crippen LogP contribution in [-0.2, 0) is 11.2 Å². The van der Waals surface area contributed by atoms with Crippen molar-refractivity contribution in [3.63, 3.8) is 0 Å². The minimum atomic E-state index is -0.143. The van der Waals surface area contributed by atoms with E-state index < -0.39 is 0 Å². The molecule has 0 fully saturated rings. The van der Waals surface area contributed by atoms with Crippen LogP contribution in [0.4, 0.5) is 0 Å². The minimum Gasteiger partial charge on any atom is -0.496 e. The van der Waals surface area contributed by atoms with Crippen LogP contribution in [0.15, 0.2) is 35.3 Å². The van der Waals surface area contributed by atoms with E-state index in [4.69, 9.17) is 4.74 Å². The number of nitrogens with zero attached hydrogens (tertiary/aromatic N) is 1. The second-order valence-corrected chi connectivity index (χ2v) is 5.27. The van der Waals surface area contributed by atoms with Crippen LogP contribution in [-0.4, -0.2) is 18.7 Å². The van der Waals surface area contributed by atoms with Crippen molar-refractivity contribution in [3.8, 4) is 5.75 Å². The fourth-order valence-electron chi connectivity index (χ4n) is 3.05. The zero-order valence-corrected chi connectivity index (χ0v) is 11.9. The van der Waals surface area contributed by atoms with Crippen molar-refractivity contribution in [2.45, 2.75) is 20.3 Å². The summed E-state index contributed by atoms with van der Waals surface area (Å²) in [4.78, 5) is 15.6. The molecule has 0 spiro atoms. The molecule has 0 bridgehead atoms. The average molecular weight is 267 g/mol. The summed E-state index contributed by atoms with van der Waals surface area (Å²) in [6.45, 7) is 3.61. The highest BCUT2D eigenvalue weighted by molar-refractivity contribution is 6.17. The van der Waals surface area contributed by atoms with Crippen LogP contribution in [0.5, 0.6) is 5.75 Å². The molecule has 1 unspecified atom stereocenters. The van der Waals surface area contributed by atoms with Crippen LogP contribution in [0.2, 0.25) is 0 Å². The average Bonchev–Trinajstić information content (AvgIpc) is 2.43. The largest absolute Gasteiger partial charge is 0.496 e. The van der Waals surface area contributed by atoms with E-state index in [0.717, 1.165) is 23.4 Å². The standard InChI is InChI=1S/C17H17NO2/c1-10-9-14-15(20-3)8-7-12-5-4-6-13(16(12)14)17(10)18-11(2)19/h4-8,10H,9H2,1-3H3. The van der Waals surface area contributed by atoms with Gasteiger partial charge in [0, 0.05) is 24.0 Å². The number of carbonyl (C=O) groups is 1. The van der Waals surface area contributed by atoms with Gasteiger partial charge in [-0.25, -0.2) is 4.99 Å². The molecule has 20 heavy (non-hydrogen) atoms. The molecule has 0 heterocycles. The molecule has 1 atom stereocenters. The molecule has 2 aromatic carbocycles. The van der Waals surface area contributed by atoms with E-state index in [1.165, 1.54) is 23.3 Å². The molecule has 0 aromatic heterocycles. The van der Waals surface area contributed by atoms with Gasteiger partial charge >= 0.3 is 0 Å². The number of amides is 1. The summed E-state index contributed by atoms with van der Waals surface area (Å²) in [6.07, 6.45) is 0.851. The topological polar surface area (TPSA) is 38.7 Å². The molecular weight excluding hydrogens is 250 g/mol. The third-order valence-electron chi connectivity index (χ3n) is 3.86. The maximum absolute atomic E-state index is 11.4. The molecule has 0 N–H and O–H groups in total. The third kappa shape index (κ3) is 1.90. The van der Waals surface area contributed by atoms with E-state index in [2.05, 4.69) is 24.0 Å². The Balaban J connectivity index is 2.38. The highest BCUT2D eigenvalue weighted by Gasteiger charge is 2.26. The number of benzene rings is 2. The Morgan fingerprint density at radius 3 is 2.80 bits per heavy atom. The molecule has 1 aliphatic rings. The van der Waals surface area contributed by atoms with Crippen molar-refractivity contribution in [1.82, 2.24) is 0 Å². The van der Waals surface area contributed by atoms with Crippen LogP contribution in [0, 0.1) is 5.92 Å². The van der Waals surface area contributed by atoms with E-state index in [1.807, 2.05) is 18.2 Å². The Morgan fingerprint density at radius 2 is 2.10 bits per heavy atom. The molecule has 0 saturated carbocycles. The summed E-state index contributed by atoms with van der Waals surface area (Å²) in [6, 6.07) is 10.2. The predicted octanol–water partition coefficient (Wildman–Crippen LogP) is 3.38. The molecule has 1 aliphatic carbocycles. The summed E-state index contributed by atoms with van der Waals surface area (Å²) in [5.74, 6) is 0.988. The van der Waals surface area contributed by atoms with Gasteiger partial charge < -0.3 is 4.74 Å². The Hall–Kier alpha value is -2.16. The molecular formula is C17H17NO2. The maximum atomic E-state index is 11.4. The van der Waals surface area contributed by atoms with Crippen LogP contribution >= 0.6 is 0 Å². The van der Waals surface area contributed by atoms with Gasteiger partial charge in [0.25, 0.3) is 0 Å². The van der Waals surface area contributed by atoms with Gasteiger partial charge in [-0.3, -0.25) is 4.79 Å². The normalized spacial score (nSPS) is 19.4. The van der Waals surface area contributed by atoms with Gasteiger partial charge in [0.2, 0.25) is 5.91 Å². The zero-order valence-electron chi connectivity index (χ0n) is 11.9. The molecule has 3 heteroatoms. The summed E-state index contributed by atoms with van der Waals surface area (Å²) < 4.78 is 5.49. The van der Waals surface area contributed by atoms with Gasteiger partial charge in [-0.15, -0.1) is 0 Å². The molecule has 2 aromatic rings. The first-order valence-electron chi connectivity index (χ1n) is 6.80. The van der Waals surface area contributed by atoms with Crippen LogP contribution in [0.1, 0.15) is 25.0 Å². The summed E-state index contributed by atoms with van der Waals surface area (Å²) >= 11 is 0. The zero-order chi connectivity index (χ0) is 14.3. The Kier molecular flexibility index (Phi) is 3.05. The lowest BCUT2D eigenvalue weighted by atomic mass is 9.81. The Morgan fingerprint density at radius 1 is 1.30 bits per heavy atom. The van der Waals surface area contributed by atoms with Gasteiger partial charge in [-0.2, -0.15) is 0 Å². The highest BCUT2D eigenvalue weighted by atomic mass is 16.5. The summed E-state index contributed by atoms with van der Waals surface area (Å²) in [5, 5.41) is 2.34. The lowest BCUT2D eigenvalue weighted by molar-refractivity contribution is -0.115. The lowest BCUT2D eigenvalue weighted by Crippen LogP contribution is -2.22. The second kappa shape index (κ2) is 4.75. The number of carbonyl (C=O) groups excluding carboxylic acids is 1. The van der Waals surface area contributed by atoms with E-state index in [-0.39, 0.29) is 11.8 Å². The van der Waals surface area contributed by atoms with E-state index >= 15 is 0 Å². The SMILES string of the molecule is COc1ccc2cccc3c2c1CC(C)C3=NC(C)=O. The van der Waals surface area contributed by atoms with E-state index in [9.17, 15) is 4.79 Å². The monoisotopic (exact) mass is 267 g/mol. The molecule has 0 radical (unpaired) electrons. The first-order chi connectivity index (χ1) is 9.61. The molecule has 3 rings (SSSR count). The van der Waals surface area contributed by atoms with Crippen molar-refractivity contribution in [2.75, 3.05) is 7.11 Å².